The number of halogens is 2. The predicted molar refractivity (Wildman–Crippen MR) is 198 cm³/mol. The third-order valence-corrected chi connectivity index (χ3v) is 11.9. The van der Waals surface area contributed by atoms with Crippen LogP contribution in [-0.2, 0) is 22.4 Å². The Balaban J connectivity index is 1.06. The molecule has 3 fully saturated rings. The van der Waals surface area contributed by atoms with Crippen LogP contribution in [-0.4, -0.2) is 137 Å². The first kappa shape index (κ1) is 36.4. The molecule has 2 aromatic rings. The fraction of sp³-hybridized carbons (Fsp3) is 0.543. The summed E-state index contributed by atoms with van der Waals surface area (Å²) in [5, 5.41) is 15.3. The Morgan fingerprint density at radius 3 is 2.16 bits per heavy atom. The largest absolute Gasteiger partial charge is 0.480 e. The van der Waals surface area contributed by atoms with E-state index in [1.165, 1.54) is 0 Å². The minimum atomic E-state index is -0.802. The Hall–Kier alpha value is -3.40. The van der Waals surface area contributed by atoms with Crippen molar-refractivity contribution in [1.82, 2.24) is 29.8 Å². The molecule has 0 aliphatic carbocycles. The van der Waals surface area contributed by atoms with Crippen molar-refractivity contribution in [2.45, 2.75) is 56.7 Å². The monoisotopic (exact) mass is 816 g/mol. The molecule has 0 aromatic heterocycles. The van der Waals surface area contributed by atoms with E-state index in [4.69, 9.17) is 10.8 Å². The fourth-order valence-electron chi connectivity index (χ4n) is 7.70. The molecule has 1 atom stereocenters. The minimum absolute atomic E-state index is 0.0247. The van der Waals surface area contributed by atoms with Crippen LogP contribution in [0, 0.1) is 0 Å². The van der Waals surface area contributed by atoms with Gasteiger partial charge in [-0.3, -0.25) is 19.4 Å². The van der Waals surface area contributed by atoms with Crippen LogP contribution in [0.15, 0.2) is 45.3 Å². The number of benzene rings is 2. The van der Waals surface area contributed by atoms with Crippen molar-refractivity contribution >= 4 is 67.2 Å². The quantitative estimate of drug-likeness (QED) is 0.295. The van der Waals surface area contributed by atoms with Gasteiger partial charge < -0.3 is 36.2 Å². The first-order chi connectivity index (χ1) is 24.0. The number of amides is 5. The number of hydrogen-bond acceptors (Lipinski definition) is 7. The van der Waals surface area contributed by atoms with Gasteiger partial charge in [0.2, 0.25) is 5.91 Å². The smallest absolute Gasteiger partial charge is 0.322 e. The lowest BCUT2D eigenvalue weighted by atomic mass is 9.99. The van der Waals surface area contributed by atoms with E-state index >= 15 is 0 Å². The number of nitrogen functional groups attached to an aromatic ring is 1. The van der Waals surface area contributed by atoms with E-state index in [0.29, 0.717) is 72.7 Å². The van der Waals surface area contributed by atoms with E-state index in [2.05, 4.69) is 47.4 Å². The first-order valence-electron chi connectivity index (χ1n) is 17.5. The van der Waals surface area contributed by atoms with Gasteiger partial charge in [0.15, 0.2) is 0 Å². The summed E-state index contributed by atoms with van der Waals surface area (Å²) in [6, 6.07) is 10.9. The number of fused-ring (bicyclic) bond motifs is 1. The molecule has 13 nitrogen and oxygen atoms in total. The number of carbonyl (C=O) groups is 4. The Morgan fingerprint density at radius 1 is 0.880 bits per heavy atom. The lowest BCUT2D eigenvalue weighted by Gasteiger charge is -2.43. The number of para-hydroxylation sites is 1. The van der Waals surface area contributed by atoms with Crippen molar-refractivity contribution in [2.24, 2.45) is 0 Å². The predicted octanol–water partition coefficient (Wildman–Crippen LogP) is 3.66. The summed E-state index contributed by atoms with van der Waals surface area (Å²) in [7, 11) is 0. The third kappa shape index (κ3) is 8.72. The van der Waals surface area contributed by atoms with Crippen LogP contribution in [0.25, 0.3) is 0 Å². The van der Waals surface area contributed by atoms with Crippen LogP contribution in [0.5, 0.6) is 0 Å². The van der Waals surface area contributed by atoms with Gasteiger partial charge in [0.05, 0.1) is 12.2 Å². The van der Waals surface area contributed by atoms with E-state index in [1.54, 1.807) is 4.90 Å². The highest BCUT2D eigenvalue weighted by Gasteiger charge is 2.35. The molecule has 15 heteroatoms. The summed E-state index contributed by atoms with van der Waals surface area (Å²) in [5.41, 5.74) is 9.54. The lowest BCUT2D eigenvalue weighted by Crippen LogP contribution is -2.58. The number of rotatable bonds is 8. The molecule has 4 heterocycles. The van der Waals surface area contributed by atoms with Crippen molar-refractivity contribution in [3.8, 4) is 0 Å². The van der Waals surface area contributed by atoms with E-state index < -0.39 is 12.0 Å². The zero-order valence-electron chi connectivity index (χ0n) is 28.2. The Labute approximate surface area is 309 Å². The maximum absolute atomic E-state index is 14.1. The molecule has 5 amide bonds. The number of nitrogens with one attached hydrogen (secondary N) is 2. The van der Waals surface area contributed by atoms with E-state index in [9.17, 15) is 19.2 Å². The molecule has 0 radical (unpaired) electrons. The van der Waals surface area contributed by atoms with Crippen molar-refractivity contribution in [2.75, 3.05) is 76.5 Å². The van der Waals surface area contributed by atoms with Gasteiger partial charge in [-0.15, -0.1) is 0 Å². The van der Waals surface area contributed by atoms with Crippen molar-refractivity contribution in [3.05, 3.63) is 56.5 Å². The fourth-order valence-corrected chi connectivity index (χ4v) is 8.98. The van der Waals surface area contributed by atoms with Crippen LogP contribution in [0.3, 0.4) is 0 Å². The van der Waals surface area contributed by atoms with Crippen LogP contribution in [0.4, 0.5) is 21.0 Å². The van der Waals surface area contributed by atoms with Gasteiger partial charge in [-0.2, -0.15) is 0 Å². The van der Waals surface area contributed by atoms with Crippen LogP contribution in [0.1, 0.15) is 36.8 Å². The Morgan fingerprint density at radius 2 is 1.50 bits per heavy atom. The summed E-state index contributed by atoms with van der Waals surface area (Å²) in [6.07, 6.45) is 4.05. The van der Waals surface area contributed by atoms with Crippen LogP contribution in [0.2, 0.25) is 0 Å². The van der Waals surface area contributed by atoms with E-state index in [0.717, 1.165) is 62.3 Å². The van der Waals surface area contributed by atoms with Gasteiger partial charge in [0.25, 0.3) is 0 Å². The molecule has 0 bridgehead atoms. The highest BCUT2D eigenvalue weighted by Crippen LogP contribution is 2.31. The van der Waals surface area contributed by atoms with Gasteiger partial charge in [-0.25, -0.2) is 9.59 Å². The van der Waals surface area contributed by atoms with Gasteiger partial charge in [-0.1, -0.05) is 18.2 Å². The summed E-state index contributed by atoms with van der Waals surface area (Å²) in [5.74, 6) is -0.911. The number of piperidine rings is 2. The summed E-state index contributed by atoms with van der Waals surface area (Å²) >= 11 is 7.03. The lowest BCUT2D eigenvalue weighted by molar-refractivity contribution is -0.138. The maximum atomic E-state index is 14.1. The molecule has 2 aromatic carbocycles. The highest BCUT2D eigenvalue weighted by molar-refractivity contribution is 9.11. The molecule has 4 aliphatic heterocycles. The molecule has 0 saturated carbocycles. The number of urea groups is 2. The minimum Gasteiger partial charge on any atom is -0.480 e. The third-order valence-electron chi connectivity index (χ3n) is 10.6. The van der Waals surface area contributed by atoms with Gasteiger partial charge >= 0.3 is 18.0 Å². The van der Waals surface area contributed by atoms with Gasteiger partial charge in [-0.05, 0) is 93.3 Å². The number of likely N-dealkylation sites (tertiary alicyclic amines) is 2. The molecule has 6 rings (SSSR count). The maximum Gasteiger partial charge on any atom is 0.322 e. The number of aliphatic carboxylic acids is 1. The second kappa shape index (κ2) is 16.3. The second-order valence-electron chi connectivity index (χ2n) is 13.7. The zero-order chi connectivity index (χ0) is 35.4. The topological polar surface area (TPSA) is 155 Å². The molecule has 50 heavy (non-hydrogen) atoms. The van der Waals surface area contributed by atoms with Gasteiger partial charge in [0.1, 0.15) is 6.04 Å². The molecule has 3 saturated heterocycles. The summed E-state index contributed by atoms with van der Waals surface area (Å²) in [4.78, 5) is 62.0. The molecule has 5 N–H and O–H groups in total. The Kier molecular flexibility index (Phi) is 11.9. The average Bonchev–Trinajstić information content (AvgIpc) is 3.28. The number of hydrogen-bond donors (Lipinski definition) is 4. The standard InChI is InChI=1S/C35H46Br2N8O5/c36-27-19-23(20-28(37)32(27)38)21-30(33(48)43-10-6-25(7-11-43)42-17-15-41(16-18-42)22-31(46)47)40-34(49)44-12-8-26(9-13-44)45-14-5-24-3-1-2-4-29(24)39-35(45)50/h1-4,19-20,25-26,30H,5-18,21-22,38H2,(H,39,50)(H,40,49)(H,46,47)/t30-/m1/s1. The number of carboxylic acid groups (broad SMARTS) is 1. The number of anilines is 2. The number of nitrogens with two attached hydrogens (primary N) is 1. The number of nitrogens with zero attached hydrogens (tertiary/aromatic N) is 5. The Bertz CT molecular complexity index is 1550. The molecule has 270 valence electrons. The highest BCUT2D eigenvalue weighted by atomic mass is 79.9. The molecule has 4 aliphatic rings. The van der Waals surface area contributed by atoms with Crippen LogP contribution < -0.4 is 16.4 Å². The summed E-state index contributed by atoms with van der Waals surface area (Å²) < 4.78 is 1.43. The van der Waals surface area contributed by atoms with E-state index in [-0.39, 0.29) is 30.6 Å². The van der Waals surface area contributed by atoms with Crippen LogP contribution >= 0.6 is 31.9 Å². The second-order valence-corrected chi connectivity index (χ2v) is 15.4. The molecule has 0 unspecified atom stereocenters. The first-order valence-corrected chi connectivity index (χ1v) is 19.1. The zero-order valence-corrected chi connectivity index (χ0v) is 31.3. The number of carboxylic acids is 1. The summed E-state index contributed by atoms with van der Waals surface area (Å²) in [6.45, 7) is 5.93. The number of carbonyl (C=O) groups excluding carboxylic acids is 3. The van der Waals surface area contributed by atoms with Crippen molar-refractivity contribution < 1.29 is 24.3 Å². The van der Waals surface area contributed by atoms with Gasteiger partial charge in [0, 0.05) is 92.0 Å². The van der Waals surface area contributed by atoms with Crippen molar-refractivity contribution in [3.63, 3.8) is 0 Å². The average molecular weight is 819 g/mol. The molecule has 0 spiro atoms. The van der Waals surface area contributed by atoms with E-state index in [1.807, 2.05) is 51.1 Å². The normalized spacial score (nSPS) is 20.5. The SMILES string of the molecule is Nc1c(Br)cc(C[C@@H](NC(=O)N2CCC(N3CCc4ccccc4NC3=O)CC2)C(=O)N2CCC(N3CCN(CC(=O)O)CC3)CC2)cc1Br. The molecular formula is C35H46Br2N8O5. The van der Waals surface area contributed by atoms with Crippen molar-refractivity contribution in [1.29, 1.82) is 0 Å². The number of piperazine rings is 1. The molecular weight excluding hydrogens is 772 g/mol.